The quantitative estimate of drug-likeness (QED) is 0.766. The van der Waals surface area contributed by atoms with Crippen molar-refractivity contribution in [2.75, 3.05) is 6.67 Å². The number of nitrogens with zero attached hydrogens (tertiary/aromatic N) is 2. The van der Waals surface area contributed by atoms with Crippen LogP contribution in [0.2, 0.25) is 0 Å². The van der Waals surface area contributed by atoms with Gasteiger partial charge in [-0.2, -0.15) is 0 Å². The lowest BCUT2D eigenvalue weighted by atomic mass is 10.1. The van der Waals surface area contributed by atoms with Crippen LogP contribution in [0.25, 0.3) is 0 Å². The van der Waals surface area contributed by atoms with Gasteiger partial charge >= 0.3 is 11.7 Å². The number of nitrogens with two attached hydrogens (primary N) is 1. The highest BCUT2D eigenvalue weighted by molar-refractivity contribution is 5.74. The summed E-state index contributed by atoms with van der Waals surface area (Å²) >= 11 is 0. The summed E-state index contributed by atoms with van der Waals surface area (Å²) in [5.41, 5.74) is 4.25. The fourth-order valence-electron chi connectivity index (χ4n) is 1.82. The second-order valence-corrected chi connectivity index (χ2v) is 4.36. The first kappa shape index (κ1) is 15.1. The molecule has 0 radical (unpaired) electrons. The lowest BCUT2D eigenvalue weighted by Crippen LogP contribution is -2.43. The van der Waals surface area contributed by atoms with Gasteiger partial charge in [0.25, 0.3) is 5.56 Å². The van der Waals surface area contributed by atoms with E-state index >= 15 is 0 Å². The first-order valence-corrected chi connectivity index (χ1v) is 6.16. The van der Waals surface area contributed by atoms with E-state index in [9.17, 15) is 18.8 Å². The molecule has 0 saturated heterocycles. The number of aryl methyl sites for hydroxylation is 1. The van der Waals surface area contributed by atoms with Crippen molar-refractivity contribution in [3.63, 3.8) is 0 Å². The van der Waals surface area contributed by atoms with Gasteiger partial charge in [-0.05, 0) is 19.3 Å². The summed E-state index contributed by atoms with van der Waals surface area (Å²) in [7, 11) is 1.30. The van der Waals surface area contributed by atoms with Crippen LogP contribution in [0.4, 0.5) is 9.18 Å². The Bertz CT molecular complexity index is 562. The number of hydrogen-bond donors (Lipinski definition) is 1. The highest BCUT2D eigenvalue weighted by Gasteiger charge is 2.11. The Hall–Kier alpha value is -1.92. The van der Waals surface area contributed by atoms with Crippen molar-refractivity contribution in [3.8, 4) is 0 Å². The zero-order chi connectivity index (χ0) is 14.4. The third-order valence-corrected chi connectivity index (χ3v) is 2.92. The van der Waals surface area contributed by atoms with Gasteiger partial charge in [0.1, 0.15) is 0 Å². The normalized spacial score (nSPS) is 10.6. The molecule has 0 saturated carbocycles. The van der Waals surface area contributed by atoms with Crippen molar-refractivity contribution in [3.05, 3.63) is 32.6 Å². The van der Waals surface area contributed by atoms with E-state index in [0.29, 0.717) is 24.8 Å². The van der Waals surface area contributed by atoms with E-state index in [2.05, 4.69) is 0 Å². The van der Waals surface area contributed by atoms with E-state index in [1.165, 1.54) is 13.2 Å². The molecule has 1 amide bonds. The Morgan fingerprint density at radius 1 is 1.26 bits per heavy atom. The maximum Gasteiger partial charge on any atom is 0.339 e. The first-order valence-electron chi connectivity index (χ1n) is 6.16. The Morgan fingerprint density at radius 3 is 2.47 bits per heavy atom. The lowest BCUT2D eigenvalue weighted by Gasteiger charge is -2.07. The molecular weight excluding hydrogens is 253 g/mol. The number of primary amides is 1. The molecule has 19 heavy (non-hydrogen) atoms. The molecule has 6 nitrogen and oxygen atoms in total. The molecule has 0 aromatic carbocycles. The molecule has 2 N–H and O–H groups in total. The molecule has 0 bridgehead atoms. The van der Waals surface area contributed by atoms with Crippen LogP contribution in [0, 0.1) is 0 Å². The van der Waals surface area contributed by atoms with Gasteiger partial charge in [0.05, 0.1) is 6.67 Å². The summed E-state index contributed by atoms with van der Waals surface area (Å²) in [6.45, 7) is -0.339. The topological polar surface area (TPSA) is 87.1 Å². The van der Waals surface area contributed by atoms with Gasteiger partial charge in [-0.3, -0.25) is 13.8 Å². The number of aromatic nitrogens is 2. The average molecular weight is 271 g/mol. The highest BCUT2D eigenvalue weighted by Crippen LogP contribution is 2.04. The van der Waals surface area contributed by atoms with Crippen LogP contribution in [0.3, 0.4) is 0 Å². The molecular formula is C12H18FN3O3. The molecule has 1 aromatic heterocycles. The fraction of sp³-hybridized carbons (Fsp3) is 0.583. The molecule has 0 aliphatic rings. The highest BCUT2D eigenvalue weighted by atomic mass is 19.1. The van der Waals surface area contributed by atoms with Gasteiger partial charge in [0.2, 0.25) is 0 Å². The molecule has 0 unspecified atom stereocenters. The van der Waals surface area contributed by atoms with E-state index in [-0.39, 0.29) is 6.67 Å². The number of carbonyl (C=O) groups excluding carboxylic acids is 1. The molecule has 7 heteroatoms. The number of hydrogen-bond acceptors (Lipinski definition) is 3. The van der Waals surface area contributed by atoms with Crippen molar-refractivity contribution < 1.29 is 9.18 Å². The standard InChI is InChI=1S/C12H18FN3O3/c1-15-10(17)9(6-4-2-3-5-7-13)8-16(11(14)18)12(15)19/h8H,2-7H2,1H3,(H2,14,18). The van der Waals surface area contributed by atoms with Gasteiger partial charge in [-0.25, -0.2) is 14.2 Å². The smallest absolute Gasteiger partial charge is 0.339 e. The van der Waals surface area contributed by atoms with Crippen LogP contribution in [-0.4, -0.2) is 21.8 Å². The summed E-state index contributed by atoms with van der Waals surface area (Å²) in [4.78, 5) is 34.5. The van der Waals surface area contributed by atoms with Crippen molar-refractivity contribution >= 4 is 6.03 Å². The maximum absolute atomic E-state index is 11.9. The largest absolute Gasteiger partial charge is 0.351 e. The number of rotatable bonds is 6. The number of alkyl halides is 1. The van der Waals surface area contributed by atoms with E-state index in [0.717, 1.165) is 22.0 Å². The number of carbonyl (C=O) groups is 1. The SMILES string of the molecule is Cn1c(=O)c(CCCCCCF)cn(C(N)=O)c1=O. The predicted molar refractivity (Wildman–Crippen MR) is 69.1 cm³/mol. The Balaban J connectivity index is 2.87. The van der Waals surface area contributed by atoms with Crippen LogP contribution < -0.4 is 17.0 Å². The number of unbranched alkanes of at least 4 members (excludes halogenated alkanes) is 3. The van der Waals surface area contributed by atoms with Crippen LogP contribution in [0.1, 0.15) is 31.2 Å². The van der Waals surface area contributed by atoms with Crippen molar-refractivity contribution in [1.29, 1.82) is 0 Å². The molecule has 0 aliphatic heterocycles. The fourth-order valence-corrected chi connectivity index (χ4v) is 1.82. The minimum atomic E-state index is -0.917. The van der Waals surface area contributed by atoms with Crippen LogP contribution in [0.5, 0.6) is 0 Å². The van der Waals surface area contributed by atoms with E-state index < -0.39 is 17.3 Å². The second-order valence-electron chi connectivity index (χ2n) is 4.36. The molecule has 106 valence electrons. The first-order chi connectivity index (χ1) is 8.99. The average Bonchev–Trinajstić information content (AvgIpc) is 2.37. The van der Waals surface area contributed by atoms with Crippen molar-refractivity contribution in [2.45, 2.75) is 32.1 Å². The minimum Gasteiger partial charge on any atom is -0.351 e. The Labute approximate surface area is 109 Å². The van der Waals surface area contributed by atoms with Gasteiger partial charge in [-0.1, -0.05) is 12.8 Å². The predicted octanol–water partition coefficient (Wildman–Crippen LogP) is 0.546. The summed E-state index contributed by atoms with van der Waals surface area (Å²) in [5.74, 6) is 0. The monoisotopic (exact) mass is 271 g/mol. The maximum atomic E-state index is 11.9. The van der Waals surface area contributed by atoms with Gasteiger partial charge < -0.3 is 5.73 Å². The zero-order valence-electron chi connectivity index (χ0n) is 10.9. The van der Waals surface area contributed by atoms with Crippen LogP contribution in [-0.2, 0) is 13.5 Å². The summed E-state index contributed by atoms with van der Waals surface area (Å²) < 4.78 is 13.5. The molecule has 0 spiro atoms. The van der Waals surface area contributed by atoms with Gasteiger partial charge in [0.15, 0.2) is 0 Å². The van der Waals surface area contributed by atoms with Crippen molar-refractivity contribution in [1.82, 2.24) is 9.13 Å². The summed E-state index contributed by atoms with van der Waals surface area (Å²) in [6.07, 6.45) is 4.40. The molecule has 1 heterocycles. The lowest BCUT2D eigenvalue weighted by molar-refractivity contribution is 0.248. The third-order valence-electron chi connectivity index (χ3n) is 2.92. The zero-order valence-corrected chi connectivity index (χ0v) is 10.9. The van der Waals surface area contributed by atoms with Crippen LogP contribution >= 0.6 is 0 Å². The van der Waals surface area contributed by atoms with E-state index in [1.54, 1.807) is 0 Å². The van der Waals surface area contributed by atoms with Gasteiger partial charge in [-0.15, -0.1) is 0 Å². The van der Waals surface area contributed by atoms with E-state index in [4.69, 9.17) is 5.73 Å². The Morgan fingerprint density at radius 2 is 1.89 bits per heavy atom. The molecule has 1 rings (SSSR count). The molecule has 0 atom stereocenters. The second kappa shape index (κ2) is 6.86. The molecule has 1 aromatic rings. The van der Waals surface area contributed by atoms with E-state index in [1.807, 2.05) is 0 Å². The summed E-state index contributed by atoms with van der Waals surface area (Å²) in [5, 5.41) is 0. The number of amides is 1. The molecule has 0 aliphatic carbocycles. The summed E-state index contributed by atoms with van der Waals surface area (Å²) in [6, 6.07) is -0.917. The molecule has 0 fully saturated rings. The Kier molecular flexibility index (Phi) is 5.47. The van der Waals surface area contributed by atoms with Crippen molar-refractivity contribution in [2.24, 2.45) is 12.8 Å². The van der Waals surface area contributed by atoms with Gasteiger partial charge in [0, 0.05) is 18.8 Å². The number of halogens is 1. The third kappa shape index (κ3) is 3.77. The van der Waals surface area contributed by atoms with Crippen LogP contribution in [0.15, 0.2) is 15.8 Å². The minimum absolute atomic E-state index is 0.339.